The molecule has 18 heavy (non-hydrogen) atoms. The predicted octanol–water partition coefficient (Wildman–Crippen LogP) is 4.74. The average Bonchev–Trinajstić information content (AvgIpc) is 2.40. The second-order valence-corrected chi connectivity index (χ2v) is 5.55. The molecule has 0 bridgehead atoms. The van der Waals surface area contributed by atoms with Crippen LogP contribution < -0.4 is 10.9 Å². The fourth-order valence-electron chi connectivity index (χ4n) is 2.00. The van der Waals surface area contributed by atoms with Crippen molar-refractivity contribution in [3.63, 3.8) is 0 Å². The minimum absolute atomic E-state index is 0.560. The van der Waals surface area contributed by atoms with Gasteiger partial charge in [0.05, 0.1) is 4.99 Å². The van der Waals surface area contributed by atoms with Crippen LogP contribution >= 0.6 is 12.2 Å². The van der Waals surface area contributed by atoms with E-state index in [0.29, 0.717) is 6.04 Å². The molecule has 0 spiro atoms. The van der Waals surface area contributed by atoms with Gasteiger partial charge in [0.1, 0.15) is 0 Å². The van der Waals surface area contributed by atoms with Crippen molar-refractivity contribution in [2.75, 3.05) is 0 Å². The molecular formula is C15H32N2S. The van der Waals surface area contributed by atoms with Gasteiger partial charge in [-0.3, -0.25) is 0 Å². The van der Waals surface area contributed by atoms with Gasteiger partial charge in [-0.15, -0.1) is 0 Å². The summed E-state index contributed by atoms with van der Waals surface area (Å²) in [7, 11) is 0. The number of hydrogen-bond donors (Lipinski definition) is 2. The Bertz CT molecular complexity index is 195. The van der Waals surface area contributed by atoms with Crippen molar-refractivity contribution in [2.24, 2.45) is 0 Å². The molecule has 0 fully saturated rings. The summed E-state index contributed by atoms with van der Waals surface area (Å²) < 4.78 is 0. The maximum atomic E-state index is 5.14. The Kier molecular flexibility index (Phi) is 13.2. The molecule has 108 valence electrons. The van der Waals surface area contributed by atoms with E-state index in [4.69, 9.17) is 12.2 Å². The molecule has 0 heterocycles. The number of hydrogen-bond acceptors (Lipinski definition) is 2. The zero-order chi connectivity index (χ0) is 13.6. The first kappa shape index (κ1) is 17.8. The van der Waals surface area contributed by atoms with Crippen molar-refractivity contribution >= 4 is 17.2 Å². The fraction of sp³-hybridized carbons (Fsp3) is 0.933. The summed E-state index contributed by atoms with van der Waals surface area (Å²) in [6, 6.07) is 0.560. The third-order valence-corrected chi connectivity index (χ3v) is 3.78. The second-order valence-electron chi connectivity index (χ2n) is 5.06. The molecule has 0 aromatic carbocycles. The van der Waals surface area contributed by atoms with Crippen LogP contribution in [0.3, 0.4) is 0 Å². The van der Waals surface area contributed by atoms with Gasteiger partial charge in [0.2, 0.25) is 0 Å². The van der Waals surface area contributed by atoms with Crippen LogP contribution in [0, 0.1) is 0 Å². The Morgan fingerprint density at radius 2 is 1.56 bits per heavy atom. The summed E-state index contributed by atoms with van der Waals surface area (Å²) in [5.41, 5.74) is 6.47. The third-order valence-electron chi connectivity index (χ3n) is 3.39. The van der Waals surface area contributed by atoms with Crippen LogP contribution in [-0.4, -0.2) is 11.0 Å². The highest BCUT2D eigenvalue weighted by atomic mass is 32.1. The lowest BCUT2D eigenvalue weighted by Gasteiger charge is -2.18. The minimum atomic E-state index is 0.560. The van der Waals surface area contributed by atoms with E-state index in [-0.39, 0.29) is 0 Å². The van der Waals surface area contributed by atoms with Crippen molar-refractivity contribution in [3.8, 4) is 0 Å². The largest absolute Gasteiger partial charge is 0.315 e. The Morgan fingerprint density at radius 1 is 0.944 bits per heavy atom. The molecule has 1 atom stereocenters. The summed E-state index contributed by atoms with van der Waals surface area (Å²) in [6.45, 7) is 6.58. The molecule has 0 radical (unpaired) electrons. The normalized spacial score (nSPS) is 12.4. The highest BCUT2D eigenvalue weighted by molar-refractivity contribution is 7.80. The first-order valence-corrected chi connectivity index (χ1v) is 8.19. The topological polar surface area (TPSA) is 24.1 Å². The standard InChI is InChI=1S/C15H32N2S/c1-4-7-8-9-10-11-12-13-14(5-2)16-17-15(18)6-3/h14,16H,4-13H2,1-3H3,(H,17,18). The first-order chi connectivity index (χ1) is 8.74. The van der Waals surface area contributed by atoms with Crippen LogP contribution in [-0.2, 0) is 0 Å². The van der Waals surface area contributed by atoms with Crippen molar-refractivity contribution in [1.82, 2.24) is 10.9 Å². The average molecular weight is 273 g/mol. The van der Waals surface area contributed by atoms with E-state index in [0.717, 1.165) is 17.8 Å². The number of nitrogens with one attached hydrogen (secondary N) is 2. The number of hydrazine groups is 1. The lowest BCUT2D eigenvalue weighted by molar-refractivity contribution is 0.425. The van der Waals surface area contributed by atoms with Gasteiger partial charge in [0, 0.05) is 6.04 Å². The summed E-state index contributed by atoms with van der Waals surface area (Å²) in [6.07, 6.45) is 13.0. The molecule has 2 N–H and O–H groups in total. The predicted molar refractivity (Wildman–Crippen MR) is 85.8 cm³/mol. The van der Waals surface area contributed by atoms with E-state index in [2.05, 4.69) is 31.6 Å². The molecular weight excluding hydrogens is 240 g/mol. The molecule has 2 nitrogen and oxygen atoms in total. The summed E-state index contributed by atoms with van der Waals surface area (Å²) in [5, 5.41) is 0. The second kappa shape index (κ2) is 13.3. The lowest BCUT2D eigenvalue weighted by atomic mass is 10.0. The van der Waals surface area contributed by atoms with E-state index >= 15 is 0 Å². The van der Waals surface area contributed by atoms with Gasteiger partial charge >= 0.3 is 0 Å². The highest BCUT2D eigenvalue weighted by Gasteiger charge is 2.05. The Labute approximate surface area is 119 Å². The van der Waals surface area contributed by atoms with Gasteiger partial charge < -0.3 is 5.43 Å². The molecule has 0 saturated heterocycles. The van der Waals surface area contributed by atoms with E-state index < -0.39 is 0 Å². The van der Waals surface area contributed by atoms with Crippen molar-refractivity contribution < 1.29 is 0 Å². The van der Waals surface area contributed by atoms with Gasteiger partial charge in [-0.1, -0.05) is 77.9 Å². The zero-order valence-electron chi connectivity index (χ0n) is 12.6. The Balaban J connectivity index is 3.41. The van der Waals surface area contributed by atoms with Crippen LogP contribution in [0.25, 0.3) is 0 Å². The number of thiocarbonyl (C=S) groups is 1. The molecule has 0 aliphatic carbocycles. The van der Waals surface area contributed by atoms with Gasteiger partial charge in [0.25, 0.3) is 0 Å². The molecule has 0 amide bonds. The molecule has 1 unspecified atom stereocenters. The number of rotatable bonds is 12. The van der Waals surface area contributed by atoms with Gasteiger partial charge in [-0.25, -0.2) is 5.43 Å². The SMILES string of the molecule is CCCCCCCCCC(CC)NNC(=S)CC. The van der Waals surface area contributed by atoms with Crippen LogP contribution in [0.15, 0.2) is 0 Å². The number of unbranched alkanes of at least 4 members (excludes halogenated alkanes) is 6. The third kappa shape index (κ3) is 11.0. The van der Waals surface area contributed by atoms with Crippen LogP contribution in [0.5, 0.6) is 0 Å². The maximum absolute atomic E-state index is 5.14. The molecule has 0 aromatic rings. The van der Waals surface area contributed by atoms with Crippen LogP contribution in [0.2, 0.25) is 0 Å². The van der Waals surface area contributed by atoms with Crippen LogP contribution in [0.4, 0.5) is 0 Å². The van der Waals surface area contributed by atoms with E-state index in [1.165, 1.54) is 51.4 Å². The molecule has 0 saturated carbocycles. The van der Waals surface area contributed by atoms with Crippen molar-refractivity contribution in [3.05, 3.63) is 0 Å². The zero-order valence-corrected chi connectivity index (χ0v) is 13.4. The minimum Gasteiger partial charge on any atom is -0.315 e. The quantitative estimate of drug-likeness (QED) is 0.305. The van der Waals surface area contributed by atoms with E-state index in [1.54, 1.807) is 0 Å². The summed E-state index contributed by atoms with van der Waals surface area (Å²) >= 11 is 5.14. The lowest BCUT2D eigenvalue weighted by Crippen LogP contribution is -2.43. The molecule has 3 heteroatoms. The van der Waals surface area contributed by atoms with Gasteiger partial charge in [-0.2, -0.15) is 0 Å². The molecule has 0 aliphatic heterocycles. The first-order valence-electron chi connectivity index (χ1n) is 7.78. The summed E-state index contributed by atoms with van der Waals surface area (Å²) in [4.78, 5) is 0.910. The van der Waals surface area contributed by atoms with Crippen LogP contribution in [0.1, 0.15) is 85.0 Å². The van der Waals surface area contributed by atoms with Crippen molar-refractivity contribution in [2.45, 2.75) is 91.0 Å². The smallest absolute Gasteiger partial charge is 0.0892 e. The monoisotopic (exact) mass is 272 g/mol. The fourth-order valence-corrected chi connectivity index (χ4v) is 2.06. The highest BCUT2D eigenvalue weighted by Crippen LogP contribution is 2.10. The molecule has 0 aliphatic rings. The molecule has 0 rings (SSSR count). The maximum Gasteiger partial charge on any atom is 0.0892 e. The van der Waals surface area contributed by atoms with E-state index in [9.17, 15) is 0 Å². The van der Waals surface area contributed by atoms with E-state index in [1.807, 2.05) is 0 Å². The van der Waals surface area contributed by atoms with Gasteiger partial charge in [0.15, 0.2) is 0 Å². The molecule has 0 aromatic heterocycles. The summed E-state index contributed by atoms with van der Waals surface area (Å²) in [5.74, 6) is 0. The van der Waals surface area contributed by atoms with Crippen molar-refractivity contribution in [1.29, 1.82) is 0 Å². The van der Waals surface area contributed by atoms with Gasteiger partial charge in [-0.05, 0) is 19.3 Å². The Morgan fingerprint density at radius 3 is 2.11 bits per heavy atom. The Hall–Kier alpha value is -0.150.